The van der Waals surface area contributed by atoms with Gasteiger partial charge in [-0.3, -0.25) is 4.79 Å². The molecule has 2 N–H and O–H groups in total. The summed E-state index contributed by atoms with van der Waals surface area (Å²) in [5.41, 5.74) is 1.79. The normalized spacial score (nSPS) is 14.3. The van der Waals surface area contributed by atoms with E-state index in [2.05, 4.69) is 0 Å². The molecule has 1 aliphatic rings. The number of para-hydroxylation sites is 1. The lowest BCUT2D eigenvalue weighted by molar-refractivity contribution is -0.914. The molecule has 0 spiro atoms. The van der Waals surface area contributed by atoms with Crippen molar-refractivity contribution in [2.24, 2.45) is 0 Å². The highest BCUT2D eigenvalue weighted by atomic mass is 16.5. The number of phenols is 1. The zero-order chi connectivity index (χ0) is 21.5. The Morgan fingerprint density at radius 3 is 2.40 bits per heavy atom. The van der Waals surface area contributed by atoms with Crippen molar-refractivity contribution in [3.8, 4) is 17.2 Å². The van der Waals surface area contributed by atoms with Crippen LogP contribution in [0.2, 0.25) is 0 Å². The van der Waals surface area contributed by atoms with Gasteiger partial charge < -0.3 is 29.0 Å². The van der Waals surface area contributed by atoms with Crippen LogP contribution in [0.25, 0.3) is 6.08 Å². The van der Waals surface area contributed by atoms with Crippen LogP contribution in [-0.4, -0.2) is 58.5 Å². The maximum Gasteiger partial charge on any atom is 0.231 e. The molecular weight excluding hydrogens is 386 g/mol. The molecule has 0 aliphatic carbocycles. The first-order valence-electron chi connectivity index (χ1n) is 9.82. The minimum absolute atomic E-state index is 0.104. The number of allylic oxidation sites excluding steroid dienone is 1. The molecule has 1 aliphatic heterocycles. The Labute approximate surface area is 176 Å². The van der Waals surface area contributed by atoms with Gasteiger partial charge in [0.1, 0.15) is 31.1 Å². The SMILES string of the molecule is COCC[NH+](CCOC)Cc1c(O)ccc2c1O/C(=C\c1ccccc1OC)C2=O. The fourth-order valence-corrected chi connectivity index (χ4v) is 3.44. The van der Waals surface area contributed by atoms with Crippen LogP contribution in [0.15, 0.2) is 42.2 Å². The predicted octanol–water partition coefficient (Wildman–Crippen LogP) is 1.69. The lowest BCUT2D eigenvalue weighted by Crippen LogP contribution is -3.11. The summed E-state index contributed by atoms with van der Waals surface area (Å²) >= 11 is 0. The van der Waals surface area contributed by atoms with E-state index in [9.17, 15) is 9.90 Å². The van der Waals surface area contributed by atoms with E-state index in [0.29, 0.717) is 42.4 Å². The Morgan fingerprint density at radius 1 is 1.03 bits per heavy atom. The number of fused-ring (bicyclic) bond motifs is 1. The van der Waals surface area contributed by atoms with Gasteiger partial charge in [-0.15, -0.1) is 0 Å². The Morgan fingerprint density at radius 2 is 1.73 bits per heavy atom. The van der Waals surface area contributed by atoms with Crippen LogP contribution in [0.3, 0.4) is 0 Å². The van der Waals surface area contributed by atoms with Crippen molar-refractivity contribution in [1.29, 1.82) is 0 Å². The average Bonchev–Trinajstić information content (AvgIpc) is 3.07. The second-order valence-corrected chi connectivity index (χ2v) is 7.03. The zero-order valence-electron chi connectivity index (χ0n) is 17.6. The second kappa shape index (κ2) is 10.2. The molecule has 2 aromatic rings. The molecule has 0 saturated heterocycles. The van der Waals surface area contributed by atoms with Crippen molar-refractivity contribution in [3.63, 3.8) is 0 Å². The molecule has 0 atom stereocenters. The summed E-state index contributed by atoms with van der Waals surface area (Å²) in [7, 11) is 4.89. The number of carbonyl (C=O) groups is 1. The molecule has 160 valence electrons. The number of hydrogen-bond donors (Lipinski definition) is 2. The first-order chi connectivity index (χ1) is 14.6. The molecule has 3 rings (SSSR count). The third-order valence-corrected chi connectivity index (χ3v) is 5.09. The molecule has 1 heterocycles. The predicted molar refractivity (Wildman–Crippen MR) is 112 cm³/mol. The van der Waals surface area contributed by atoms with E-state index in [0.717, 1.165) is 23.6 Å². The summed E-state index contributed by atoms with van der Waals surface area (Å²) in [6, 6.07) is 10.6. The highest BCUT2D eigenvalue weighted by molar-refractivity contribution is 6.15. The summed E-state index contributed by atoms with van der Waals surface area (Å²) < 4.78 is 21.7. The van der Waals surface area contributed by atoms with Crippen LogP contribution in [0.1, 0.15) is 21.5 Å². The van der Waals surface area contributed by atoms with E-state index in [1.807, 2.05) is 24.3 Å². The molecular formula is C23H28NO6+. The fraction of sp³-hybridized carbons (Fsp3) is 0.348. The van der Waals surface area contributed by atoms with E-state index in [1.165, 1.54) is 0 Å². The lowest BCUT2D eigenvalue weighted by atomic mass is 10.0. The van der Waals surface area contributed by atoms with Gasteiger partial charge in [0.2, 0.25) is 5.78 Å². The highest BCUT2D eigenvalue weighted by Gasteiger charge is 2.32. The van der Waals surface area contributed by atoms with E-state index in [4.69, 9.17) is 18.9 Å². The van der Waals surface area contributed by atoms with Gasteiger partial charge in [-0.2, -0.15) is 0 Å². The Hall–Kier alpha value is -2.87. The van der Waals surface area contributed by atoms with Crippen molar-refractivity contribution >= 4 is 11.9 Å². The first kappa shape index (κ1) is 21.8. The summed E-state index contributed by atoms with van der Waals surface area (Å²) in [6.07, 6.45) is 1.67. The third kappa shape index (κ3) is 4.81. The maximum absolute atomic E-state index is 12.9. The standard InChI is InChI=1S/C23H27NO6/c1-27-12-10-24(11-13-28-2)15-18-19(25)9-8-17-22(26)21(30-23(17)18)14-16-6-4-5-7-20(16)29-3/h4-9,14,25H,10-13,15H2,1-3H3/p+1/b21-14-. The number of phenolic OH excluding ortho intramolecular Hbond substituents is 1. The van der Waals surface area contributed by atoms with Gasteiger partial charge in [0.25, 0.3) is 0 Å². The van der Waals surface area contributed by atoms with Crippen molar-refractivity contribution in [3.05, 3.63) is 58.8 Å². The number of Topliss-reactive ketones (excluding diaryl/α,β-unsaturated/α-hetero) is 1. The molecule has 30 heavy (non-hydrogen) atoms. The first-order valence-corrected chi connectivity index (χ1v) is 9.82. The molecule has 0 radical (unpaired) electrons. The number of nitrogens with one attached hydrogen (secondary N) is 1. The van der Waals surface area contributed by atoms with Gasteiger partial charge in [-0.1, -0.05) is 18.2 Å². The number of rotatable bonds is 10. The summed E-state index contributed by atoms with van der Waals surface area (Å²) in [6.45, 7) is 3.11. The number of hydrogen-bond acceptors (Lipinski definition) is 6. The summed E-state index contributed by atoms with van der Waals surface area (Å²) in [4.78, 5) is 14.1. The smallest absolute Gasteiger partial charge is 0.231 e. The summed E-state index contributed by atoms with van der Waals surface area (Å²) in [5.74, 6) is 1.15. The van der Waals surface area contributed by atoms with Crippen LogP contribution >= 0.6 is 0 Å². The van der Waals surface area contributed by atoms with E-state index in [-0.39, 0.29) is 17.3 Å². The van der Waals surface area contributed by atoms with E-state index < -0.39 is 0 Å². The van der Waals surface area contributed by atoms with Gasteiger partial charge in [0.15, 0.2) is 11.5 Å². The minimum Gasteiger partial charge on any atom is -0.507 e. The van der Waals surface area contributed by atoms with Crippen molar-refractivity contribution < 1.29 is 33.7 Å². The molecule has 7 heteroatoms. The molecule has 0 bridgehead atoms. The molecule has 0 unspecified atom stereocenters. The number of quaternary nitrogens is 1. The Bertz CT molecular complexity index is 916. The number of ketones is 1. The molecule has 0 amide bonds. The van der Waals surface area contributed by atoms with Gasteiger partial charge in [0, 0.05) is 19.8 Å². The number of ether oxygens (including phenoxy) is 4. The maximum atomic E-state index is 12.9. The van der Waals surface area contributed by atoms with Crippen LogP contribution in [0.4, 0.5) is 0 Å². The Balaban J connectivity index is 1.91. The quantitative estimate of drug-likeness (QED) is 0.576. The van der Waals surface area contributed by atoms with Gasteiger partial charge in [-0.05, 0) is 24.3 Å². The molecule has 7 nitrogen and oxygen atoms in total. The lowest BCUT2D eigenvalue weighted by Gasteiger charge is -2.20. The van der Waals surface area contributed by atoms with Crippen molar-refractivity contribution in [1.82, 2.24) is 0 Å². The fourth-order valence-electron chi connectivity index (χ4n) is 3.44. The topological polar surface area (TPSA) is 78.7 Å². The molecule has 2 aromatic carbocycles. The van der Waals surface area contributed by atoms with E-state index >= 15 is 0 Å². The molecule has 0 fully saturated rings. The highest BCUT2D eigenvalue weighted by Crippen LogP contribution is 2.39. The Kier molecular flexibility index (Phi) is 7.46. The van der Waals surface area contributed by atoms with Crippen LogP contribution in [0.5, 0.6) is 17.2 Å². The number of methoxy groups -OCH3 is 3. The van der Waals surface area contributed by atoms with Gasteiger partial charge in [0.05, 0.1) is 31.5 Å². The molecule has 0 saturated carbocycles. The number of benzene rings is 2. The van der Waals surface area contributed by atoms with E-state index in [1.54, 1.807) is 39.5 Å². The number of aromatic hydroxyl groups is 1. The molecule has 0 aromatic heterocycles. The van der Waals surface area contributed by atoms with Gasteiger partial charge >= 0.3 is 0 Å². The third-order valence-electron chi connectivity index (χ3n) is 5.09. The van der Waals surface area contributed by atoms with Crippen molar-refractivity contribution in [2.45, 2.75) is 6.54 Å². The summed E-state index contributed by atoms with van der Waals surface area (Å²) in [5, 5.41) is 10.5. The zero-order valence-corrected chi connectivity index (χ0v) is 17.6. The minimum atomic E-state index is -0.215. The second-order valence-electron chi connectivity index (χ2n) is 7.03. The van der Waals surface area contributed by atoms with Crippen LogP contribution in [-0.2, 0) is 16.0 Å². The average molecular weight is 414 g/mol. The number of carbonyl (C=O) groups excluding carboxylic acids is 1. The largest absolute Gasteiger partial charge is 0.507 e. The monoisotopic (exact) mass is 414 g/mol. The van der Waals surface area contributed by atoms with Gasteiger partial charge in [-0.25, -0.2) is 0 Å². The van der Waals surface area contributed by atoms with Crippen LogP contribution < -0.4 is 14.4 Å². The van der Waals surface area contributed by atoms with Crippen molar-refractivity contribution in [2.75, 3.05) is 47.6 Å². The van der Waals surface area contributed by atoms with Crippen LogP contribution in [0, 0.1) is 0 Å².